The lowest BCUT2D eigenvalue weighted by molar-refractivity contribution is 0.216. The number of rotatable bonds is 7. The van der Waals surface area contributed by atoms with Crippen molar-refractivity contribution in [2.45, 2.75) is 6.42 Å². The van der Waals surface area contributed by atoms with Gasteiger partial charge in [0, 0.05) is 6.07 Å². The molecule has 0 spiro atoms. The normalized spacial score (nSPS) is 10.3. The molecule has 3 nitrogen and oxygen atoms in total. The van der Waals surface area contributed by atoms with E-state index in [1.54, 1.807) is 6.07 Å². The molecule has 106 valence electrons. The molecule has 0 unspecified atom stereocenters. The van der Waals surface area contributed by atoms with Gasteiger partial charge in [0.15, 0.2) is 0 Å². The van der Waals surface area contributed by atoms with Crippen LogP contribution in [0.3, 0.4) is 0 Å². The first-order valence-electron chi connectivity index (χ1n) is 6.58. The van der Waals surface area contributed by atoms with Crippen LogP contribution in [0.4, 0.5) is 4.39 Å². The van der Waals surface area contributed by atoms with Crippen LogP contribution in [-0.4, -0.2) is 19.8 Å². The summed E-state index contributed by atoms with van der Waals surface area (Å²) in [7, 11) is 0. The molecule has 0 saturated heterocycles. The number of halogens is 1. The summed E-state index contributed by atoms with van der Waals surface area (Å²) in [4.78, 5) is 0. The third-order valence-corrected chi connectivity index (χ3v) is 2.73. The van der Waals surface area contributed by atoms with E-state index in [2.05, 4.69) is 0 Å². The van der Waals surface area contributed by atoms with Crippen LogP contribution in [0.1, 0.15) is 5.56 Å². The Balaban J connectivity index is 1.81. The molecular formula is C16H18FNO2. The molecule has 20 heavy (non-hydrogen) atoms. The van der Waals surface area contributed by atoms with Gasteiger partial charge in [0.05, 0.1) is 0 Å². The van der Waals surface area contributed by atoms with Gasteiger partial charge < -0.3 is 15.2 Å². The summed E-state index contributed by atoms with van der Waals surface area (Å²) in [5, 5.41) is 0. The van der Waals surface area contributed by atoms with Crippen LogP contribution in [0.15, 0.2) is 48.5 Å². The van der Waals surface area contributed by atoms with Crippen LogP contribution in [0.5, 0.6) is 11.5 Å². The third-order valence-electron chi connectivity index (χ3n) is 2.73. The molecule has 0 saturated carbocycles. The molecule has 2 rings (SSSR count). The molecule has 0 aliphatic heterocycles. The van der Waals surface area contributed by atoms with Crippen molar-refractivity contribution in [3.63, 3.8) is 0 Å². The van der Waals surface area contributed by atoms with E-state index < -0.39 is 0 Å². The zero-order valence-corrected chi connectivity index (χ0v) is 11.2. The molecule has 0 aromatic heterocycles. The van der Waals surface area contributed by atoms with E-state index in [1.165, 1.54) is 12.1 Å². The molecule has 0 heterocycles. The van der Waals surface area contributed by atoms with Crippen LogP contribution < -0.4 is 15.2 Å². The van der Waals surface area contributed by atoms with Gasteiger partial charge >= 0.3 is 0 Å². The molecular weight excluding hydrogens is 257 g/mol. The number of hydrogen-bond donors (Lipinski definition) is 1. The van der Waals surface area contributed by atoms with Crippen LogP contribution >= 0.6 is 0 Å². The van der Waals surface area contributed by atoms with Gasteiger partial charge in [0.25, 0.3) is 0 Å². The lowest BCUT2D eigenvalue weighted by Crippen LogP contribution is -2.09. The topological polar surface area (TPSA) is 44.5 Å². The molecule has 0 fully saturated rings. The van der Waals surface area contributed by atoms with E-state index >= 15 is 0 Å². The fourth-order valence-electron chi connectivity index (χ4n) is 1.85. The van der Waals surface area contributed by atoms with Gasteiger partial charge in [-0.3, -0.25) is 0 Å². The summed E-state index contributed by atoms with van der Waals surface area (Å²) in [6, 6.07) is 14.1. The summed E-state index contributed by atoms with van der Waals surface area (Å²) in [5.41, 5.74) is 6.30. The standard InChI is InChI=1S/C16H18FNO2/c17-14-10-13(6-7-18)11-16(12-14)20-9-8-19-15-4-2-1-3-5-15/h1-5,10-12H,6-9,18H2. The van der Waals surface area contributed by atoms with Crippen molar-refractivity contribution in [2.75, 3.05) is 19.8 Å². The highest BCUT2D eigenvalue weighted by atomic mass is 19.1. The molecule has 0 aliphatic carbocycles. The fourth-order valence-corrected chi connectivity index (χ4v) is 1.85. The summed E-state index contributed by atoms with van der Waals surface area (Å²) < 4.78 is 24.4. The van der Waals surface area contributed by atoms with Gasteiger partial charge in [-0.1, -0.05) is 18.2 Å². The smallest absolute Gasteiger partial charge is 0.127 e. The minimum absolute atomic E-state index is 0.310. The Labute approximate surface area is 118 Å². The highest BCUT2D eigenvalue weighted by molar-refractivity contribution is 5.30. The predicted octanol–water partition coefficient (Wildman–Crippen LogP) is 2.78. The Morgan fingerprint density at radius 1 is 0.900 bits per heavy atom. The number of benzene rings is 2. The first kappa shape index (κ1) is 14.3. The van der Waals surface area contributed by atoms with Crippen LogP contribution in [-0.2, 0) is 6.42 Å². The molecule has 2 N–H and O–H groups in total. The zero-order valence-electron chi connectivity index (χ0n) is 11.2. The summed E-state index contributed by atoms with van der Waals surface area (Å²) in [6.45, 7) is 1.26. The molecule has 0 atom stereocenters. The number of para-hydroxylation sites is 1. The molecule has 4 heteroatoms. The van der Waals surface area contributed by atoms with E-state index in [-0.39, 0.29) is 5.82 Å². The average Bonchev–Trinajstić information content (AvgIpc) is 2.45. The van der Waals surface area contributed by atoms with Gasteiger partial charge in [-0.15, -0.1) is 0 Å². The first-order valence-corrected chi connectivity index (χ1v) is 6.58. The van der Waals surface area contributed by atoms with Crippen molar-refractivity contribution < 1.29 is 13.9 Å². The SMILES string of the molecule is NCCc1cc(F)cc(OCCOc2ccccc2)c1. The quantitative estimate of drug-likeness (QED) is 0.790. The minimum atomic E-state index is -0.310. The summed E-state index contributed by atoms with van der Waals surface area (Å²) >= 11 is 0. The van der Waals surface area contributed by atoms with Gasteiger partial charge in [-0.05, 0) is 42.8 Å². The van der Waals surface area contributed by atoms with Crippen molar-refractivity contribution in [1.29, 1.82) is 0 Å². The fraction of sp³-hybridized carbons (Fsp3) is 0.250. The average molecular weight is 275 g/mol. The maximum absolute atomic E-state index is 13.4. The van der Waals surface area contributed by atoms with Crippen LogP contribution in [0, 0.1) is 5.82 Å². The van der Waals surface area contributed by atoms with Gasteiger partial charge in [-0.2, -0.15) is 0 Å². The lowest BCUT2D eigenvalue weighted by Gasteiger charge is -2.09. The van der Waals surface area contributed by atoms with Crippen molar-refractivity contribution in [3.05, 3.63) is 59.9 Å². The van der Waals surface area contributed by atoms with Crippen molar-refractivity contribution in [1.82, 2.24) is 0 Å². The summed E-state index contributed by atoms with van der Waals surface area (Å²) in [6.07, 6.45) is 0.634. The van der Waals surface area contributed by atoms with E-state index in [4.69, 9.17) is 15.2 Å². The Morgan fingerprint density at radius 3 is 2.30 bits per heavy atom. The van der Waals surface area contributed by atoms with E-state index in [1.807, 2.05) is 30.3 Å². The molecule has 2 aromatic rings. The maximum atomic E-state index is 13.4. The second-order valence-corrected chi connectivity index (χ2v) is 4.34. The van der Waals surface area contributed by atoms with Crippen LogP contribution in [0.2, 0.25) is 0 Å². The zero-order chi connectivity index (χ0) is 14.2. The number of hydrogen-bond acceptors (Lipinski definition) is 3. The number of ether oxygens (including phenoxy) is 2. The van der Waals surface area contributed by atoms with Crippen molar-refractivity contribution in [3.8, 4) is 11.5 Å². The third kappa shape index (κ3) is 4.55. The van der Waals surface area contributed by atoms with Crippen LogP contribution in [0.25, 0.3) is 0 Å². The second-order valence-electron chi connectivity index (χ2n) is 4.34. The second kappa shape index (κ2) is 7.50. The summed E-state index contributed by atoms with van der Waals surface area (Å²) in [5.74, 6) is 0.985. The van der Waals surface area contributed by atoms with Gasteiger partial charge in [0.1, 0.15) is 30.5 Å². The molecule has 0 aliphatic rings. The predicted molar refractivity (Wildman–Crippen MR) is 76.6 cm³/mol. The highest BCUT2D eigenvalue weighted by Crippen LogP contribution is 2.17. The van der Waals surface area contributed by atoms with Crippen molar-refractivity contribution >= 4 is 0 Å². The van der Waals surface area contributed by atoms with E-state index in [0.29, 0.717) is 31.9 Å². The number of nitrogens with two attached hydrogens (primary N) is 1. The maximum Gasteiger partial charge on any atom is 0.127 e. The Hall–Kier alpha value is -2.07. The molecule has 2 aromatic carbocycles. The van der Waals surface area contributed by atoms with Crippen molar-refractivity contribution in [2.24, 2.45) is 5.73 Å². The first-order chi connectivity index (χ1) is 9.78. The molecule has 0 radical (unpaired) electrons. The Bertz CT molecular complexity index is 531. The minimum Gasteiger partial charge on any atom is -0.490 e. The lowest BCUT2D eigenvalue weighted by atomic mass is 10.1. The monoisotopic (exact) mass is 275 g/mol. The molecule has 0 amide bonds. The Kier molecular flexibility index (Phi) is 5.38. The largest absolute Gasteiger partial charge is 0.490 e. The van der Waals surface area contributed by atoms with Gasteiger partial charge in [0.2, 0.25) is 0 Å². The van der Waals surface area contributed by atoms with Gasteiger partial charge in [-0.25, -0.2) is 4.39 Å². The Morgan fingerprint density at radius 2 is 1.60 bits per heavy atom. The van der Waals surface area contributed by atoms with E-state index in [9.17, 15) is 4.39 Å². The highest BCUT2D eigenvalue weighted by Gasteiger charge is 2.02. The van der Waals surface area contributed by atoms with E-state index in [0.717, 1.165) is 11.3 Å². The molecule has 0 bridgehead atoms.